The minimum atomic E-state index is -0.267. The molecule has 0 fully saturated rings. The largest absolute Gasteiger partial charge is 0.361 e. The van der Waals surface area contributed by atoms with E-state index in [2.05, 4.69) is 4.79 Å². The summed E-state index contributed by atoms with van der Waals surface area (Å²) in [6.07, 6.45) is 0. The number of rotatable bonds is 3. The molecule has 0 unspecified atom stereocenters. The fourth-order valence-electron chi connectivity index (χ4n) is 1.79. The number of Topliss-reactive ketones (excluding diaryl/α,β-unsaturated/α-hetero) is 1. The molecule has 0 aromatic heterocycles. The quantitative estimate of drug-likeness (QED) is 0.349. The molecule has 0 aliphatic heterocycles. The minimum absolute atomic E-state index is 0.0818. The Morgan fingerprint density at radius 3 is 2.28 bits per heavy atom. The third-order valence-corrected chi connectivity index (χ3v) is 2.74. The smallest absolute Gasteiger partial charge is 0.336 e. The summed E-state index contributed by atoms with van der Waals surface area (Å²) in [5.74, 6) is -0.267. The number of hydrogen-bond donors (Lipinski definition) is 0. The average Bonchev–Trinajstić information content (AvgIpc) is 2.46. The molecule has 0 radical (unpaired) electrons. The lowest BCUT2D eigenvalue weighted by molar-refractivity contribution is -0.00677. The number of benzene rings is 2. The van der Waals surface area contributed by atoms with Gasteiger partial charge in [0.15, 0.2) is 0 Å². The first-order valence-electron chi connectivity index (χ1n) is 5.62. The molecule has 0 atom stereocenters. The van der Waals surface area contributed by atoms with Crippen molar-refractivity contribution >= 4 is 11.5 Å². The van der Waals surface area contributed by atoms with Crippen LogP contribution in [0.3, 0.4) is 0 Å². The van der Waals surface area contributed by atoms with Gasteiger partial charge in [0, 0.05) is 12.5 Å². The highest BCUT2D eigenvalue weighted by Gasteiger charge is 2.19. The molecule has 0 aliphatic carbocycles. The predicted molar refractivity (Wildman–Crippen MR) is 70.5 cm³/mol. The Balaban J connectivity index is 2.57. The van der Waals surface area contributed by atoms with Crippen LogP contribution in [0.15, 0.2) is 54.6 Å². The Kier molecular flexibility index (Phi) is 3.46. The Labute approximate surface area is 105 Å². The second kappa shape index (κ2) is 5.21. The van der Waals surface area contributed by atoms with Gasteiger partial charge in [0.2, 0.25) is 0 Å². The maximum absolute atomic E-state index is 12.1. The van der Waals surface area contributed by atoms with Crippen molar-refractivity contribution in [1.82, 2.24) is 0 Å². The number of carbonyl (C=O) groups excluding carboxylic acids is 1. The van der Waals surface area contributed by atoms with Gasteiger partial charge >= 0.3 is 5.71 Å². The van der Waals surface area contributed by atoms with Gasteiger partial charge in [-0.3, -0.25) is 4.79 Å². The van der Waals surface area contributed by atoms with Crippen LogP contribution in [0.2, 0.25) is 0 Å². The van der Waals surface area contributed by atoms with Crippen LogP contribution in [0.5, 0.6) is 0 Å². The summed E-state index contributed by atoms with van der Waals surface area (Å²) >= 11 is 0. The van der Waals surface area contributed by atoms with Crippen LogP contribution in [0.4, 0.5) is 0 Å². The molecule has 3 heteroatoms. The lowest BCUT2D eigenvalue weighted by atomic mass is 9.96. The molecule has 0 saturated heterocycles. The molecular weight excluding hydrogens is 224 g/mol. The van der Waals surface area contributed by atoms with Crippen molar-refractivity contribution in [3.63, 3.8) is 0 Å². The fraction of sp³-hybridized carbons (Fsp3) is 0.0667. The summed E-state index contributed by atoms with van der Waals surface area (Å²) in [6.45, 7) is 1.49. The van der Waals surface area contributed by atoms with Crippen molar-refractivity contribution < 1.29 is 9.58 Å². The average molecular weight is 236 g/mol. The van der Waals surface area contributed by atoms with Crippen LogP contribution in [-0.2, 0) is 0 Å². The molecule has 0 amide bonds. The maximum Gasteiger partial charge on any atom is 0.336 e. The molecule has 2 aromatic carbocycles. The van der Waals surface area contributed by atoms with Gasteiger partial charge in [0.25, 0.3) is 5.78 Å². The van der Waals surface area contributed by atoms with E-state index >= 15 is 0 Å². The maximum atomic E-state index is 12.1. The van der Waals surface area contributed by atoms with E-state index in [0.717, 1.165) is 11.1 Å². The topological polar surface area (TPSA) is 53.5 Å². The second-order valence-electron chi connectivity index (χ2n) is 3.93. The number of nitrogens with zero attached hydrogens (tertiary/aromatic N) is 2. The molecule has 0 heterocycles. The Hall–Kier alpha value is -2.51. The number of carbonyl (C=O) groups is 1. The summed E-state index contributed by atoms with van der Waals surface area (Å²) in [7, 11) is 0. The predicted octanol–water partition coefficient (Wildman–Crippen LogP) is 3.23. The molecule has 0 bridgehead atoms. The molecule has 0 spiro atoms. The van der Waals surface area contributed by atoms with Crippen molar-refractivity contribution in [2.45, 2.75) is 6.92 Å². The van der Waals surface area contributed by atoms with Crippen LogP contribution in [0, 0.1) is 0 Å². The van der Waals surface area contributed by atoms with Gasteiger partial charge in [-0.1, -0.05) is 54.6 Å². The van der Waals surface area contributed by atoms with Crippen molar-refractivity contribution in [2.75, 3.05) is 0 Å². The molecule has 0 aliphatic rings. The molecule has 2 aromatic rings. The highest BCUT2D eigenvalue weighted by Crippen LogP contribution is 2.23. The molecular formula is C15H12N2O. The summed E-state index contributed by atoms with van der Waals surface area (Å²) in [4.78, 5) is 15.0. The van der Waals surface area contributed by atoms with Gasteiger partial charge in [-0.05, 0) is 11.1 Å². The van der Waals surface area contributed by atoms with Gasteiger partial charge in [-0.25, -0.2) is 0 Å². The Morgan fingerprint density at radius 2 is 1.61 bits per heavy atom. The van der Waals surface area contributed by atoms with E-state index in [0.29, 0.717) is 5.56 Å². The van der Waals surface area contributed by atoms with Crippen LogP contribution < -0.4 is 0 Å². The van der Waals surface area contributed by atoms with E-state index in [1.165, 1.54) is 6.92 Å². The first-order chi connectivity index (χ1) is 8.74. The van der Waals surface area contributed by atoms with E-state index in [1.54, 1.807) is 12.1 Å². The van der Waals surface area contributed by atoms with Crippen LogP contribution >= 0.6 is 0 Å². The number of ketones is 1. The zero-order chi connectivity index (χ0) is 13.0. The third kappa shape index (κ3) is 2.26. The van der Waals surface area contributed by atoms with Crippen LogP contribution in [0.1, 0.15) is 17.3 Å². The second-order valence-corrected chi connectivity index (χ2v) is 3.93. The first-order valence-corrected chi connectivity index (χ1v) is 5.62. The highest BCUT2D eigenvalue weighted by molar-refractivity contribution is 6.44. The Bertz CT molecular complexity index is 626. The van der Waals surface area contributed by atoms with Crippen LogP contribution in [0.25, 0.3) is 16.7 Å². The van der Waals surface area contributed by atoms with Gasteiger partial charge in [-0.2, -0.15) is 4.79 Å². The van der Waals surface area contributed by atoms with Gasteiger partial charge in [0.1, 0.15) is 0 Å². The molecule has 18 heavy (non-hydrogen) atoms. The summed E-state index contributed by atoms with van der Waals surface area (Å²) in [5.41, 5.74) is 11.1. The van der Waals surface area contributed by atoms with E-state index in [-0.39, 0.29) is 11.5 Å². The summed E-state index contributed by atoms with van der Waals surface area (Å²) in [6, 6.07) is 16.9. The lowest BCUT2D eigenvalue weighted by Gasteiger charge is -2.06. The molecule has 0 saturated carbocycles. The summed E-state index contributed by atoms with van der Waals surface area (Å²) in [5, 5.41) is 0. The van der Waals surface area contributed by atoms with Crippen molar-refractivity contribution in [1.29, 1.82) is 0 Å². The monoisotopic (exact) mass is 236 g/mol. The minimum Gasteiger partial charge on any atom is -0.361 e. The fourth-order valence-corrected chi connectivity index (χ4v) is 1.79. The van der Waals surface area contributed by atoms with E-state index in [9.17, 15) is 4.79 Å². The van der Waals surface area contributed by atoms with Crippen molar-refractivity contribution in [3.05, 3.63) is 65.7 Å². The number of hydrogen-bond acceptors (Lipinski definition) is 1. The normalized spacial score (nSPS) is 9.61. The van der Waals surface area contributed by atoms with Crippen molar-refractivity contribution in [3.8, 4) is 11.1 Å². The first kappa shape index (κ1) is 12.0. The highest BCUT2D eigenvalue weighted by atomic mass is 16.1. The molecule has 2 rings (SSSR count). The zero-order valence-corrected chi connectivity index (χ0v) is 10.00. The van der Waals surface area contributed by atoms with Gasteiger partial charge in [0.05, 0.1) is 0 Å². The van der Waals surface area contributed by atoms with E-state index in [1.807, 2.05) is 42.5 Å². The molecule has 3 nitrogen and oxygen atoms in total. The van der Waals surface area contributed by atoms with E-state index < -0.39 is 0 Å². The lowest BCUT2D eigenvalue weighted by Crippen LogP contribution is -2.12. The molecule has 88 valence electrons. The van der Waals surface area contributed by atoms with E-state index in [4.69, 9.17) is 5.53 Å². The Morgan fingerprint density at radius 1 is 1.00 bits per heavy atom. The van der Waals surface area contributed by atoms with Crippen molar-refractivity contribution in [2.24, 2.45) is 0 Å². The third-order valence-electron chi connectivity index (χ3n) is 2.74. The zero-order valence-electron chi connectivity index (χ0n) is 10.00. The molecule has 0 N–H and O–H groups in total. The standard InChI is InChI=1S/C15H12N2O/c1-11(17-16)15(18)14-10-6-5-9-13(14)12-7-3-2-4-8-12/h2-10H,1H3. The van der Waals surface area contributed by atoms with Crippen LogP contribution in [-0.4, -0.2) is 16.3 Å². The summed E-state index contributed by atoms with van der Waals surface area (Å²) < 4.78 is 0. The van der Waals surface area contributed by atoms with Gasteiger partial charge in [-0.15, -0.1) is 0 Å². The SMILES string of the molecule is CC(=[N+]=[N-])C(=O)c1ccccc1-c1ccccc1. The van der Waals surface area contributed by atoms with Gasteiger partial charge < -0.3 is 5.53 Å².